The summed E-state index contributed by atoms with van der Waals surface area (Å²) < 4.78 is 0. The molecule has 0 aromatic rings. The molecule has 1 fully saturated rings. The topological polar surface area (TPSA) is 66.5 Å². The molecule has 1 N–H and O–H groups in total. The molecule has 0 aromatic carbocycles. The van der Waals surface area contributed by atoms with E-state index in [1.165, 1.54) is 4.90 Å². The van der Waals surface area contributed by atoms with E-state index >= 15 is 0 Å². The van der Waals surface area contributed by atoms with Gasteiger partial charge in [-0.2, -0.15) is 0 Å². The first-order chi connectivity index (χ1) is 7.95. The van der Waals surface area contributed by atoms with E-state index in [0.717, 1.165) is 0 Å². The van der Waals surface area contributed by atoms with Gasteiger partial charge < -0.3 is 4.90 Å². The van der Waals surface area contributed by atoms with E-state index in [1.54, 1.807) is 0 Å². The van der Waals surface area contributed by atoms with Crippen molar-refractivity contribution in [2.45, 2.75) is 26.2 Å². The number of hydrogen-bond acceptors (Lipinski definition) is 3. The maximum absolute atomic E-state index is 11.6. The average molecular weight is 236 g/mol. The number of imide groups is 1. The zero-order chi connectivity index (χ0) is 13.0. The Morgan fingerprint density at radius 1 is 1.35 bits per heavy atom. The fourth-order valence-electron chi connectivity index (χ4n) is 1.56. The molecule has 0 aromatic heterocycles. The van der Waals surface area contributed by atoms with E-state index in [4.69, 9.17) is 0 Å². The zero-order valence-corrected chi connectivity index (χ0v) is 9.91. The van der Waals surface area contributed by atoms with Crippen molar-refractivity contribution in [3.63, 3.8) is 0 Å². The van der Waals surface area contributed by atoms with Gasteiger partial charge in [-0.15, -0.1) is 0 Å². The summed E-state index contributed by atoms with van der Waals surface area (Å²) in [5.41, 5.74) is 0.959. The number of carbonyl (C=O) groups is 3. The number of nitrogens with one attached hydrogen (secondary N) is 1. The summed E-state index contributed by atoms with van der Waals surface area (Å²) in [6.07, 6.45) is 1.35. The van der Waals surface area contributed by atoms with Crippen LogP contribution in [0.25, 0.3) is 0 Å². The normalized spacial score (nSPS) is 15.4. The Kier molecular flexibility index (Phi) is 4.20. The van der Waals surface area contributed by atoms with Crippen molar-refractivity contribution >= 4 is 17.7 Å². The van der Waals surface area contributed by atoms with Gasteiger partial charge in [-0.1, -0.05) is 20.1 Å². The number of likely N-dealkylation sites (tertiary alicyclic amines) is 1. The molecule has 1 aliphatic rings. The van der Waals surface area contributed by atoms with Crippen LogP contribution in [0, 0.1) is 0 Å². The lowest BCUT2D eigenvalue weighted by molar-refractivity contribution is -0.134. The second-order valence-electron chi connectivity index (χ2n) is 3.96. The van der Waals surface area contributed by atoms with Crippen LogP contribution in [-0.4, -0.2) is 29.2 Å². The lowest BCUT2D eigenvalue weighted by Gasteiger charge is -2.15. The second kappa shape index (κ2) is 5.43. The molecular formula is C12H16N2O3. The highest BCUT2D eigenvalue weighted by atomic mass is 16.2. The lowest BCUT2D eigenvalue weighted by Crippen LogP contribution is -2.39. The van der Waals surface area contributed by atoms with Crippen molar-refractivity contribution in [2.24, 2.45) is 0 Å². The van der Waals surface area contributed by atoms with Crippen molar-refractivity contribution in [3.8, 4) is 0 Å². The quantitative estimate of drug-likeness (QED) is 0.732. The summed E-state index contributed by atoms with van der Waals surface area (Å²) in [5, 5.41) is 2.22. The largest absolute Gasteiger partial charge is 0.303 e. The molecule has 0 atom stereocenters. The number of hydrogen-bond donors (Lipinski definition) is 1. The molecule has 3 amide bonds. The summed E-state index contributed by atoms with van der Waals surface area (Å²) in [6.45, 7) is 8.94. The van der Waals surface area contributed by atoms with E-state index in [1.807, 2.05) is 6.92 Å². The Balaban J connectivity index is 2.52. The Bertz CT molecular complexity index is 399. The number of carbonyl (C=O) groups excluding carboxylic acids is 3. The van der Waals surface area contributed by atoms with Crippen LogP contribution in [0.2, 0.25) is 0 Å². The summed E-state index contributed by atoms with van der Waals surface area (Å²) in [4.78, 5) is 35.5. The Morgan fingerprint density at radius 3 is 2.47 bits per heavy atom. The van der Waals surface area contributed by atoms with Crippen molar-refractivity contribution < 1.29 is 14.4 Å². The van der Waals surface area contributed by atoms with E-state index < -0.39 is 5.91 Å². The highest BCUT2D eigenvalue weighted by molar-refractivity contribution is 6.02. The highest BCUT2D eigenvalue weighted by Gasteiger charge is 2.29. The minimum atomic E-state index is -0.493. The standard InChI is InChI=1S/C12H16N2O3/c1-4-5-10(15)13-11(16)7-14-9(3)6-8(2)12(14)17/h2-7H2,1H3,(H,13,15,16). The van der Waals surface area contributed by atoms with Crippen LogP contribution in [0.15, 0.2) is 24.4 Å². The first-order valence-electron chi connectivity index (χ1n) is 5.45. The Hall–Kier alpha value is -1.91. The van der Waals surface area contributed by atoms with Gasteiger partial charge >= 0.3 is 0 Å². The maximum atomic E-state index is 11.6. The Labute approximate surface area is 100 Å². The van der Waals surface area contributed by atoms with Crippen LogP contribution in [0.3, 0.4) is 0 Å². The van der Waals surface area contributed by atoms with Gasteiger partial charge in [0, 0.05) is 24.1 Å². The third-order valence-corrected chi connectivity index (χ3v) is 2.40. The SMILES string of the molecule is C=C1CC(=C)N(CC(=O)NC(=O)CCC)C1=O. The molecule has 17 heavy (non-hydrogen) atoms. The predicted molar refractivity (Wildman–Crippen MR) is 62.7 cm³/mol. The van der Waals surface area contributed by atoms with E-state index in [-0.39, 0.29) is 18.4 Å². The summed E-state index contributed by atoms with van der Waals surface area (Å²) in [5.74, 6) is -1.12. The van der Waals surface area contributed by atoms with E-state index in [9.17, 15) is 14.4 Å². The van der Waals surface area contributed by atoms with Gasteiger partial charge in [0.1, 0.15) is 6.54 Å². The number of rotatable bonds is 4. The molecule has 0 aliphatic carbocycles. The van der Waals surface area contributed by atoms with E-state index in [0.29, 0.717) is 30.5 Å². The van der Waals surface area contributed by atoms with Crippen molar-refractivity contribution in [2.75, 3.05) is 6.54 Å². The van der Waals surface area contributed by atoms with Crippen molar-refractivity contribution in [3.05, 3.63) is 24.4 Å². The molecule has 1 rings (SSSR count). The Morgan fingerprint density at radius 2 is 2.00 bits per heavy atom. The monoisotopic (exact) mass is 236 g/mol. The average Bonchev–Trinajstić information content (AvgIpc) is 2.45. The molecule has 0 unspecified atom stereocenters. The number of allylic oxidation sites excluding steroid dienone is 1. The third-order valence-electron chi connectivity index (χ3n) is 2.40. The van der Waals surface area contributed by atoms with Gasteiger partial charge in [-0.05, 0) is 6.42 Å². The van der Waals surface area contributed by atoms with Crippen LogP contribution in [0.4, 0.5) is 0 Å². The van der Waals surface area contributed by atoms with Gasteiger partial charge in [0.05, 0.1) is 0 Å². The smallest absolute Gasteiger partial charge is 0.254 e. The van der Waals surface area contributed by atoms with Gasteiger partial charge in [0.15, 0.2) is 0 Å². The van der Waals surface area contributed by atoms with Crippen molar-refractivity contribution in [1.29, 1.82) is 0 Å². The van der Waals surface area contributed by atoms with E-state index in [2.05, 4.69) is 18.5 Å². The molecular weight excluding hydrogens is 220 g/mol. The predicted octanol–water partition coefficient (Wildman–Crippen LogP) is 0.731. The zero-order valence-electron chi connectivity index (χ0n) is 9.91. The van der Waals surface area contributed by atoms with Crippen LogP contribution in [0.5, 0.6) is 0 Å². The molecule has 0 radical (unpaired) electrons. The molecule has 1 aliphatic heterocycles. The lowest BCUT2D eigenvalue weighted by atomic mass is 10.2. The molecule has 1 heterocycles. The number of amides is 3. The van der Waals surface area contributed by atoms with Crippen molar-refractivity contribution in [1.82, 2.24) is 10.2 Å². The van der Waals surface area contributed by atoms with Gasteiger partial charge in [-0.3, -0.25) is 19.7 Å². The first-order valence-corrected chi connectivity index (χ1v) is 5.45. The van der Waals surface area contributed by atoms with Crippen LogP contribution >= 0.6 is 0 Å². The fraction of sp³-hybridized carbons (Fsp3) is 0.417. The molecule has 0 spiro atoms. The molecule has 5 nitrogen and oxygen atoms in total. The fourth-order valence-corrected chi connectivity index (χ4v) is 1.56. The van der Waals surface area contributed by atoms with Gasteiger partial charge in [-0.25, -0.2) is 0 Å². The summed E-state index contributed by atoms with van der Waals surface area (Å²) >= 11 is 0. The second-order valence-corrected chi connectivity index (χ2v) is 3.96. The van der Waals surface area contributed by atoms with Crippen LogP contribution in [-0.2, 0) is 14.4 Å². The number of nitrogens with zero attached hydrogens (tertiary/aromatic N) is 1. The molecule has 0 saturated carbocycles. The molecule has 1 saturated heterocycles. The minimum Gasteiger partial charge on any atom is -0.303 e. The maximum Gasteiger partial charge on any atom is 0.254 e. The molecule has 92 valence electrons. The van der Waals surface area contributed by atoms with Crippen LogP contribution in [0.1, 0.15) is 26.2 Å². The summed E-state index contributed by atoms with van der Waals surface area (Å²) in [6, 6.07) is 0. The molecule has 5 heteroatoms. The van der Waals surface area contributed by atoms with Gasteiger partial charge in [0.25, 0.3) is 5.91 Å². The minimum absolute atomic E-state index is 0.174. The highest BCUT2D eigenvalue weighted by Crippen LogP contribution is 2.23. The van der Waals surface area contributed by atoms with Gasteiger partial charge in [0.2, 0.25) is 11.8 Å². The summed E-state index contributed by atoms with van der Waals surface area (Å²) in [7, 11) is 0. The third kappa shape index (κ3) is 3.27. The van der Waals surface area contributed by atoms with Crippen LogP contribution < -0.4 is 5.32 Å². The first kappa shape index (κ1) is 13.2. The molecule has 0 bridgehead atoms.